The molecule has 4 heterocycles. The zero-order chi connectivity index (χ0) is 22.0. The minimum atomic E-state index is -0.261. The number of nitrogens with two attached hydrogens (primary N) is 1. The lowest BCUT2D eigenvalue weighted by atomic mass is 9.97. The summed E-state index contributed by atoms with van der Waals surface area (Å²) in [4.78, 5) is 39.1. The Morgan fingerprint density at radius 3 is 2.74 bits per heavy atom. The number of amides is 2. The van der Waals surface area contributed by atoms with Crippen molar-refractivity contribution in [1.82, 2.24) is 9.97 Å². The van der Waals surface area contributed by atoms with Gasteiger partial charge in [-0.25, -0.2) is 9.97 Å². The lowest BCUT2D eigenvalue weighted by Gasteiger charge is -2.32. The zero-order valence-corrected chi connectivity index (χ0v) is 19.3. The summed E-state index contributed by atoms with van der Waals surface area (Å²) in [5.74, 6) is 0.219. The Bertz CT molecular complexity index is 1040. The molecule has 3 N–H and O–H groups in total. The molecule has 3 aromatic rings. The molecule has 0 aliphatic carbocycles. The van der Waals surface area contributed by atoms with Crippen molar-refractivity contribution in [3.05, 3.63) is 29.3 Å². The molecule has 31 heavy (non-hydrogen) atoms. The Hall–Kier alpha value is -2.72. The Kier molecular flexibility index (Phi) is 6.38. The minimum absolute atomic E-state index is 0.140. The van der Waals surface area contributed by atoms with Gasteiger partial charge >= 0.3 is 0 Å². The first-order valence-corrected chi connectivity index (χ1v) is 12.1. The van der Waals surface area contributed by atoms with Crippen LogP contribution in [0.4, 0.5) is 16.6 Å². The average molecular weight is 459 g/mol. The molecule has 0 aromatic carbocycles. The number of aromatic nitrogens is 2. The number of nitrogens with one attached hydrogen (secondary N) is 1. The maximum absolute atomic E-state index is 12.7. The molecule has 164 valence electrons. The molecule has 8 nitrogen and oxygen atoms in total. The topological polar surface area (TPSA) is 104 Å². The second-order valence-corrected chi connectivity index (χ2v) is 9.54. The fourth-order valence-corrected chi connectivity index (χ4v) is 5.96. The molecule has 0 saturated carbocycles. The predicted octanol–water partition coefficient (Wildman–Crippen LogP) is 3.55. The number of carbonyl (C=O) groups is 2. The third-order valence-electron chi connectivity index (χ3n) is 5.49. The van der Waals surface area contributed by atoms with Gasteiger partial charge in [0.15, 0.2) is 5.13 Å². The van der Waals surface area contributed by atoms with E-state index in [4.69, 9.17) is 5.73 Å². The lowest BCUT2D eigenvalue weighted by Crippen LogP contribution is -2.41. The molecule has 1 unspecified atom stereocenters. The van der Waals surface area contributed by atoms with Crippen molar-refractivity contribution in [2.75, 3.05) is 41.3 Å². The van der Waals surface area contributed by atoms with Crippen LogP contribution in [0.1, 0.15) is 36.4 Å². The van der Waals surface area contributed by atoms with Gasteiger partial charge in [0.05, 0.1) is 27.4 Å². The van der Waals surface area contributed by atoms with Gasteiger partial charge in [0, 0.05) is 26.2 Å². The summed E-state index contributed by atoms with van der Waals surface area (Å²) in [6, 6.07) is 5.60. The number of nitrogens with zero attached hydrogens (tertiary/aromatic N) is 4. The maximum atomic E-state index is 12.7. The van der Waals surface area contributed by atoms with Crippen LogP contribution in [0.15, 0.2) is 24.4 Å². The van der Waals surface area contributed by atoms with Gasteiger partial charge in [0.25, 0.3) is 5.91 Å². The predicted molar refractivity (Wildman–Crippen MR) is 127 cm³/mol. The molecule has 0 radical (unpaired) electrons. The summed E-state index contributed by atoms with van der Waals surface area (Å²) in [5.41, 5.74) is 6.09. The van der Waals surface area contributed by atoms with E-state index in [1.54, 1.807) is 17.5 Å². The molecule has 0 spiro atoms. The number of hydrogen-bond acceptors (Lipinski definition) is 8. The fourth-order valence-electron chi connectivity index (χ4n) is 3.72. The SMILES string of the molecule is CCN(CC)c1nc2sc(C(=O)Nc3ccc(N4CCCC(C(N)=O)C4)nc3)cc2s1. The number of thiophene rings is 1. The summed E-state index contributed by atoms with van der Waals surface area (Å²) >= 11 is 3.01. The molecule has 2 amide bonds. The Morgan fingerprint density at radius 1 is 1.29 bits per heavy atom. The van der Waals surface area contributed by atoms with Crippen molar-refractivity contribution in [2.24, 2.45) is 11.7 Å². The maximum Gasteiger partial charge on any atom is 0.265 e. The van der Waals surface area contributed by atoms with Gasteiger partial charge in [-0.2, -0.15) is 0 Å². The van der Waals surface area contributed by atoms with Gasteiger partial charge in [-0.05, 0) is 44.9 Å². The molecule has 0 bridgehead atoms. The first-order chi connectivity index (χ1) is 15.0. The third-order valence-corrected chi connectivity index (χ3v) is 7.71. The first-order valence-electron chi connectivity index (χ1n) is 10.5. The van der Waals surface area contributed by atoms with E-state index in [-0.39, 0.29) is 17.7 Å². The van der Waals surface area contributed by atoms with Crippen molar-refractivity contribution in [3.8, 4) is 0 Å². The van der Waals surface area contributed by atoms with Crippen LogP contribution in [0.2, 0.25) is 0 Å². The second-order valence-electron chi connectivity index (χ2n) is 7.50. The Labute approximate surface area is 189 Å². The molecule has 4 rings (SSSR count). The summed E-state index contributed by atoms with van der Waals surface area (Å²) in [6.45, 7) is 7.47. The Morgan fingerprint density at radius 2 is 2.10 bits per heavy atom. The lowest BCUT2D eigenvalue weighted by molar-refractivity contribution is -0.122. The van der Waals surface area contributed by atoms with Crippen LogP contribution in [0, 0.1) is 5.92 Å². The largest absolute Gasteiger partial charge is 0.369 e. The standard InChI is InChI=1S/C21H26N6O2S2/c1-3-26(4-2)21-25-20-16(31-21)10-15(30-20)19(29)24-14-7-8-17(23-11-14)27-9-5-6-13(12-27)18(22)28/h7-8,10-11,13H,3-6,9,12H2,1-2H3,(H2,22,28)(H,24,29). The average Bonchev–Trinajstić information content (AvgIpc) is 3.35. The normalized spacial score (nSPS) is 16.5. The van der Waals surface area contributed by atoms with Crippen molar-refractivity contribution >= 4 is 60.7 Å². The number of thiazole rings is 1. The smallest absolute Gasteiger partial charge is 0.265 e. The number of primary amides is 1. The number of anilines is 3. The molecule has 10 heteroatoms. The van der Waals surface area contributed by atoms with Gasteiger partial charge in [-0.15, -0.1) is 11.3 Å². The molecule has 1 fully saturated rings. The zero-order valence-electron chi connectivity index (χ0n) is 17.6. The molecule has 1 aliphatic heterocycles. The van der Waals surface area contributed by atoms with Crippen LogP contribution < -0.4 is 20.9 Å². The Balaban J connectivity index is 1.41. The van der Waals surface area contributed by atoms with Crippen LogP contribution in [0.5, 0.6) is 0 Å². The van der Waals surface area contributed by atoms with Crippen LogP contribution >= 0.6 is 22.7 Å². The molecule has 1 aliphatic rings. The highest BCUT2D eigenvalue weighted by atomic mass is 32.1. The van der Waals surface area contributed by atoms with Crippen molar-refractivity contribution < 1.29 is 9.59 Å². The number of rotatable bonds is 7. The van der Waals surface area contributed by atoms with E-state index in [2.05, 4.69) is 38.9 Å². The van der Waals surface area contributed by atoms with Crippen molar-refractivity contribution in [2.45, 2.75) is 26.7 Å². The molecular formula is C21H26N6O2S2. The number of piperidine rings is 1. The van der Waals surface area contributed by atoms with E-state index >= 15 is 0 Å². The van der Waals surface area contributed by atoms with Gasteiger partial charge in [0.1, 0.15) is 10.6 Å². The molecule has 3 aromatic heterocycles. The molecule has 1 atom stereocenters. The number of carbonyl (C=O) groups excluding carboxylic acids is 2. The quantitative estimate of drug-likeness (QED) is 0.561. The monoisotopic (exact) mass is 458 g/mol. The van der Waals surface area contributed by atoms with E-state index in [9.17, 15) is 9.59 Å². The van der Waals surface area contributed by atoms with Gasteiger partial charge < -0.3 is 20.9 Å². The minimum Gasteiger partial charge on any atom is -0.369 e. The summed E-state index contributed by atoms with van der Waals surface area (Å²) in [5, 5.41) is 3.90. The summed E-state index contributed by atoms with van der Waals surface area (Å²) in [6.07, 6.45) is 3.38. The van der Waals surface area contributed by atoms with E-state index in [0.717, 1.165) is 53.0 Å². The van der Waals surface area contributed by atoms with Crippen LogP contribution in [0.25, 0.3) is 9.53 Å². The number of fused-ring (bicyclic) bond motifs is 1. The van der Waals surface area contributed by atoms with E-state index in [0.29, 0.717) is 17.1 Å². The van der Waals surface area contributed by atoms with Gasteiger partial charge in [-0.3, -0.25) is 9.59 Å². The second kappa shape index (κ2) is 9.19. The number of hydrogen-bond donors (Lipinski definition) is 2. The van der Waals surface area contributed by atoms with Crippen molar-refractivity contribution in [3.63, 3.8) is 0 Å². The summed E-state index contributed by atoms with van der Waals surface area (Å²) < 4.78 is 1.03. The van der Waals surface area contributed by atoms with Crippen molar-refractivity contribution in [1.29, 1.82) is 0 Å². The summed E-state index contributed by atoms with van der Waals surface area (Å²) in [7, 11) is 0. The van der Waals surface area contributed by atoms with E-state index in [1.807, 2.05) is 18.2 Å². The fraction of sp³-hybridized carbons (Fsp3) is 0.429. The van der Waals surface area contributed by atoms with Crippen LogP contribution in [-0.4, -0.2) is 48.0 Å². The van der Waals surface area contributed by atoms with E-state index in [1.165, 1.54) is 11.3 Å². The first kappa shape index (κ1) is 21.5. The third kappa shape index (κ3) is 4.64. The highest BCUT2D eigenvalue weighted by Crippen LogP contribution is 2.35. The highest BCUT2D eigenvalue weighted by molar-refractivity contribution is 7.29. The van der Waals surface area contributed by atoms with Gasteiger partial charge in [-0.1, -0.05) is 11.3 Å². The number of pyridine rings is 1. The van der Waals surface area contributed by atoms with Crippen LogP contribution in [0.3, 0.4) is 0 Å². The molecular weight excluding hydrogens is 432 g/mol. The van der Waals surface area contributed by atoms with Gasteiger partial charge in [0.2, 0.25) is 5.91 Å². The van der Waals surface area contributed by atoms with Crippen LogP contribution in [-0.2, 0) is 4.79 Å². The molecule has 1 saturated heterocycles. The van der Waals surface area contributed by atoms with E-state index < -0.39 is 0 Å². The highest BCUT2D eigenvalue weighted by Gasteiger charge is 2.24.